The van der Waals surface area contributed by atoms with E-state index in [4.69, 9.17) is 22.7 Å². The number of nitrogens with two attached hydrogens (primary N) is 1. The monoisotopic (exact) mass is 350 g/mol. The molecule has 0 saturated carbocycles. The van der Waals surface area contributed by atoms with Crippen molar-refractivity contribution in [1.29, 1.82) is 0 Å². The van der Waals surface area contributed by atoms with Crippen molar-refractivity contribution in [1.82, 2.24) is 4.98 Å². The number of thiocarbonyl (C=S) groups is 1. The van der Waals surface area contributed by atoms with Crippen molar-refractivity contribution in [2.24, 2.45) is 5.73 Å². The molecule has 2 aromatic rings. The maximum absolute atomic E-state index is 5.87. The van der Waals surface area contributed by atoms with Gasteiger partial charge in [0.05, 0.1) is 0 Å². The Bertz CT molecular complexity index is 644. The Morgan fingerprint density at radius 2 is 2.05 bits per heavy atom. The number of benzene rings is 1. The minimum Gasteiger partial charge on any atom is -0.439 e. The van der Waals surface area contributed by atoms with Crippen molar-refractivity contribution in [3.63, 3.8) is 0 Å². The molecule has 2 N–H and O–H groups in total. The van der Waals surface area contributed by atoms with Crippen LogP contribution in [0.4, 0.5) is 0 Å². The van der Waals surface area contributed by atoms with E-state index in [1.807, 2.05) is 18.2 Å². The van der Waals surface area contributed by atoms with Crippen LogP contribution in [0.15, 0.2) is 40.9 Å². The van der Waals surface area contributed by atoms with E-state index in [0.717, 1.165) is 15.8 Å². The molecular formula is C15H15BrN2OS. The van der Waals surface area contributed by atoms with Gasteiger partial charge in [0.2, 0.25) is 5.88 Å². The third-order valence-electron chi connectivity index (χ3n) is 2.78. The topological polar surface area (TPSA) is 48.1 Å². The molecule has 0 aliphatic heterocycles. The number of hydrogen-bond acceptors (Lipinski definition) is 3. The van der Waals surface area contributed by atoms with E-state index in [1.165, 1.54) is 0 Å². The lowest BCUT2D eigenvalue weighted by molar-refractivity contribution is 0.454. The normalized spacial score (nSPS) is 10.6. The smallest absolute Gasteiger partial charge is 0.219 e. The van der Waals surface area contributed by atoms with E-state index in [0.29, 0.717) is 17.5 Å². The molecule has 0 saturated heterocycles. The first-order valence-electron chi connectivity index (χ1n) is 6.21. The molecule has 1 aromatic carbocycles. The molecule has 0 aliphatic carbocycles. The lowest BCUT2D eigenvalue weighted by Crippen LogP contribution is -2.11. The van der Waals surface area contributed by atoms with Crippen LogP contribution in [0.3, 0.4) is 0 Å². The zero-order valence-corrected chi connectivity index (χ0v) is 13.7. The van der Waals surface area contributed by atoms with Gasteiger partial charge in [-0.2, -0.15) is 0 Å². The molecule has 0 amide bonds. The predicted octanol–water partition coefficient (Wildman–Crippen LogP) is 4.39. The van der Waals surface area contributed by atoms with Gasteiger partial charge in [-0.15, -0.1) is 0 Å². The van der Waals surface area contributed by atoms with Gasteiger partial charge in [-0.05, 0) is 35.7 Å². The third kappa shape index (κ3) is 3.55. The number of nitrogens with zero attached hydrogens (tertiary/aromatic N) is 1. The van der Waals surface area contributed by atoms with Crippen LogP contribution >= 0.6 is 28.1 Å². The molecule has 20 heavy (non-hydrogen) atoms. The summed E-state index contributed by atoms with van der Waals surface area (Å²) in [5.41, 5.74) is 7.25. The van der Waals surface area contributed by atoms with Crippen LogP contribution in [0.2, 0.25) is 0 Å². The van der Waals surface area contributed by atoms with E-state index in [1.54, 1.807) is 12.1 Å². The van der Waals surface area contributed by atoms with Crippen LogP contribution in [-0.4, -0.2) is 9.97 Å². The van der Waals surface area contributed by atoms with Crippen LogP contribution < -0.4 is 10.5 Å². The Labute approximate surface area is 132 Å². The Balaban J connectivity index is 2.35. The first-order chi connectivity index (χ1) is 9.47. The molecule has 104 valence electrons. The number of aromatic nitrogens is 1. The van der Waals surface area contributed by atoms with Gasteiger partial charge in [0.25, 0.3) is 0 Å². The number of rotatable bonds is 4. The fraction of sp³-hybridized carbons (Fsp3) is 0.200. The van der Waals surface area contributed by atoms with E-state index in [-0.39, 0.29) is 4.99 Å². The van der Waals surface area contributed by atoms with E-state index in [2.05, 4.69) is 40.8 Å². The lowest BCUT2D eigenvalue weighted by Gasteiger charge is -2.14. The molecular weight excluding hydrogens is 336 g/mol. The highest BCUT2D eigenvalue weighted by atomic mass is 79.9. The molecule has 1 heterocycles. The minimum atomic E-state index is 0.260. The highest BCUT2D eigenvalue weighted by Gasteiger charge is 2.10. The molecule has 1 aromatic heterocycles. The molecule has 5 heteroatoms. The van der Waals surface area contributed by atoms with Crippen molar-refractivity contribution in [2.45, 2.75) is 19.8 Å². The zero-order chi connectivity index (χ0) is 14.7. The van der Waals surface area contributed by atoms with Crippen molar-refractivity contribution in [3.05, 3.63) is 52.1 Å². The SMILES string of the molecule is CC(C)c1cc(Br)ccc1Oc1cccc(C(N)=S)n1. The number of pyridine rings is 1. The Kier molecular flexibility index (Phi) is 4.73. The van der Waals surface area contributed by atoms with Gasteiger partial charge >= 0.3 is 0 Å². The second kappa shape index (κ2) is 6.33. The summed E-state index contributed by atoms with van der Waals surface area (Å²) in [5.74, 6) is 1.62. The average molecular weight is 351 g/mol. The minimum absolute atomic E-state index is 0.260. The summed E-state index contributed by atoms with van der Waals surface area (Å²) in [7, 11) is 0. The van der Waals surface area contributed by atoms with Crippen LogP contribution in [0.25, 0.3) is 0 Å². The molecule has 0 aliphatic rings. The van der Waals surface area contributed by atoms with Gasteiger partial charge in [0.15, 0.2) is 0 Å². The summed E-state index contributed by atoms with van der Waals surface area (Å²) in [5, 5.41) is 0. The second-order valence-corrected chi connectivity index (χ2v) is 6.02. The molecule has 0 spiro atoms. The van der Waals surface area contributed by atoms with Crippen molar-refractivity contribution >= 4 is 33.1 Å². The largest absolute Gasteiger partial charge is 0.439 e. The van der Waals surface area contributed by atoms with Crippen LogP contribution in [0.5, 0.6) is 11.6 Å². The highest BCUT2D eigenvalue weighted by Crippen LogP contribution is 2.32. The van der Waals surface area contributed by atoms with Crippen molar-refractivity contribution in [3.8, 4) is 11.6 Å². The molecule has 0 radical (unpaired) electrons. The van der Waals surface area contributed by atoms with Gasteiger partial charge in [-0.3, -0.25) is 0 Å². The molecule has 0 fully saturated rings. The maximum Gasteiger partial charge on any atom is 0.219 e. The van der Waals surface area contributed by atoms with Crippen LogP contribution in [0, 0.1) is 0 Å². The molecule has 3 nitrogen and oxygen atoms in total. The van der Waals surface area contributed by atoms with Gasteiger partial charge in [0.1, 0.15) is 16.4 Å². The standard InChI is InChI=1S/C15H15BrN2OS/c1-9(2)11-8-10(16)6-7-13(11)19-14-5-3-4-12(18-14)15(17)20/h3-9H,1-2H3,(H2,17,20). The molecule has 0 atom stereocenters. The fourth-order valence-corrected chi connectivity index (χ4v) is 2.28. The molecule has 2 rings (SSSR count). The van der Waals surface area contributed by atoms with E-state index in [9.17, 15) is 0 Å². The summed E-state index contributed by atoms with van der Waals surface area (Å²) in [6.07, 6.45) is 0. The quantitative estimate of drug-likeness (QED) is 0.830. The summed E-state index contributed by atoms with van der Waals surface area (Å²) in [6, 6.07) is 11.3. The highest BCUT2D eigenvalue weighted by molar-refractivity contribution is 9.10. The predicted molar refractivity (Wildman–Crippen MR) is 88.4 cm³/mol. The summed E-state index contributed by atoms with van der Waals surface area (Å²) in [4.78, 5) is 4.55. The Hall–Kier alpha value is -1.46. The third-order valence-corrected chi connectivity index (χ3v) is 3.49. The summed E-state index contributed by atoms with van der Waals surface area (Å²) in [6.45, 7) is 4.24. The fourth-order valence-electron chi connectivity index (χ4n) is 1.79. The molecule has 0 bridgehead atoms. The Morgan fingerprint density at radius 3 is 2.70 bits per heavy atom. The van der Waals surface area contributed by atoms with E-state index < -0.39 is 0 Å². The first-order valence-corrected chi connectivity index (χ1v) is 7.41. The number of halogens is 1. The lowest BCUT2D eigenvalue weighted by atomic mass is 10.0. The Morgan fingerprint density at radius 1 is 1.30 bits per heavy atom. The van der Waals surface area contributed by atoms with Crippen LogP contribution in [0.1, 0.15) is 31.0 Å². The second-order valence-electron chi connectivity index (χ2n) is 4.66. The average Bonchev–Trinajstić information content (AvgIpc) is 2.41. The van der Waals surface area contributed by atoms with Gasteiger partial charge in [-0.25, -0.2) is 4.98 Å². The zero-order valence-electron chi connectivity index (χ0n) is 11.3. The molecule has 0 unspecified atom stereocenters. The summed E-state index contributed by atoms with van der Waals surface area (Å²) >= 11 is 8.40. The maximum atomic E-state index is 5.87. The van der Waals surface area contributed by atoms with Gasteiger partial charge < -0.3 is 10.5 Å². The van der Waals surface area contributed by atoms with E-state index >= 15 is 0 Å². The summed E-state index contributed by atoms with van der Waals surface area (Å²) < 4.78 is 6.90. The van der Waals surface area contributed by atoms with Gasteiger partial charge in [0, 0.05) is 10.5 Å². The first kappa shape index (κ1) is 14.9. The van der Waals surface area contributed by atoms with Crippen molar-refractivity contribution < 1.29 is 4.74 Å². The number of ether oxygens (including phenoxy) is 1. The van der Waals surface area contributed by atoms with Gasteiger partial charge in [-0.1, -0.05) is 48.1 Å². The number of hydrogen-bond donors (Lipinski definition) is 1. The van der Waals surface area contributed by atoms with Crippen molar-refractivity contribution in [2.75, 3.05) is 0 Å². The van der Waals surface area contributed by atoms with Crippen LogP contribution in [-0.2, 0) is 0 Å².